The molecular formula is C27H25N5O2. The lowest BCUT2D eigenvalue weighted by Gasteiger charge is -2.45. The molecular weight excluding hydrogens is 426 g/mol. The number of nitriles is 3. The van der Waals surface area contributed by atoms with Crippen LogP contribution in [0.15, 0.2) is 71.5 Å². The molecule has 2 aliphatic rings. The van der Waals surface area contributed by atoms with Gasteiger partial charge < -0.3 is 20.1 Å². The number of nitrogens with two attached hydrogens (primary N) is 1. The van der Waals surface area contributed by atoms with E-state index in [4.69, 9.17) is 15.2 Å². The third-order valence-corrected chi connectivity index (χ3v) is 6.63. The Balaban J connectivity index is 1.80. The summed E-state index contributed by atoms with van der Waals surface area (Å²) in [5.41, 5.74) is 7.51. The van der Waals surface area contributed by atoms with Crippen LogP contribution in [0.5, 0.6) is 11.5 Å². The SMILES string of the molecule is COc1cc([C@H]2[C@H]3CN(C)CC=C3C(C#N)=C(N)C2(C#N)C#N)ccc1OCc1ccccc1. The Morgan fingerprint density at radius 2 is 1.82 bits per heavy atom. The van der Waals surface area contributed by atoms with Crippen LogP contribution in [0.3, 0.4) is 0 Å². The largest absolute Gasteiger partial charge is 0.493 e. The highest BCUT2D eigenvalue weighted by atomic mass is 16.5. The van der Waals surface area contributed by atoms with E-state index in [2.05, 4.69) is 23.1 Å². The van der Waals surface area contributed by atoms with Crippen LogP contribution in [-0.4, -0.2) is 32.1 Å². The molecule has 0 radical (unpaired) electrons. The Morgan fingerprint density at radius 3 is 2.47 bits per heavy atom. The molecule has 0 saturated carbocycles. The van der Waals surface area contributed by atoms with Crippen LogP contribution in [0, 0.1) is 45.3 Å². The Kier molecular flexibility index (Phi) is 6.28. The first kappa shape index (κ1) is 22.9. The molecule has 2 aromatic rings. The zero-order chi connectivity index (χ0) is 24.3. The number of nitrogens with zero attached hydrogens (tertiary/aromatic N) is 4. The minimum Gasteiger partial charge on any atom is -0.493 e. The van der Waals surface area contributed by atoms with Crippen LogP contribution in [0.4, 0.5) is 0 Å². The lowest BCUT2D eigenvalue weighted by molar-refractivity contribution is 0.237. The van der Waals surface area contributed by atoms with Gasteiger partial charge in [-0.3, -0.25) is 0 Å². The van der Waals surface area contributed by atoms with Crippen molar-refractivity contribution in [3.63, 3.8) is 0 Å². The minimum atomic E-state index is -1.68. The fourth-order valence-corrected chi connectivity index (χ4v) is 4.93. The van der Waals surface area contributed by atoms with Crippen molar-refractivity contribution in [1.29, 1.82) is 15.8 Å². The Morgan fingerprint density at radius 1 is 1.09 bits per heavy atom. The lowest BCUT2D eigenvalue weighted by Crippen LogP contribution is -2.47. The Labute approximate surface area is 199 Å². The maximum atomic E-state index is 10.2. The summed E-state index contributed by atoms with van der Waals surface area (Å²) in [5.74, 6) is 0.233. The molecule has 0 unspecified atom stereocenters. The van der Waals surface area contributed by atoms with Crippen molar-refractivity contribution < 1.29 is 9.47 Å². The molecule has 0 fully saturated rings. The summed E-state index contributed by atoms with van der Waals surface area (Å²) in [7, 11) is 3.53. The first-order chi connectivity index (χ1) is 16.5. The van der Waals surface area contributed by atoms with E-state index >= 15 is 0 Å². The summed E-state index contributed by atoms with van der Waals surface area (Å²) in [6.07, 6.45) is 1.97. The highest BCUT2D eigenvalue weighted by Gasteiger charge is 2.54. The van der Waals surface area contributed by atoms with Crippen molar-refractivity contribution in [1.82, 2.24) is 4.90 Å². The summed E-state index contributed by atoms with van der Waals surface area (Å²) in [4.78, 5) is 2.10. The average molecular weight is 452 g/mol. The van der Waals surface area contributed by atoms with Gasteiger partial charge in [0.15, 0.2) is 16.9 Å². The second kappa shape index (κ2) is 9.32. The average Bonchev–Trinajstić information content (AvgIpc) is 2.87. The normalized spacial score (nSPS) is 21.3. The third kappa shape index (κ3) is 3.75. The lowest BCUT2D eigenvalue weighted by atomic mass is 9.58. The molecule has 0 saturated heterocycles. The van der Waals surface area contributed by atoms with Crippen molar-refractivity contribution in [2.24, 2.45) is 17.1 Å². The molecule has 1 aliphatic carbocycles. The van der Waals surface area contributed by atoms with Crippen LogP contribution < -0.4 is 15.2 Å². The maximum Gasteiger partial charge on any atom is 0.191 e. The number of hydrogen-bond donors (Lipinski definition) is 1. The quantitative estimate of drug-likeness (QED) is 0.737. The number of likely N-dealkylation sites (N-methyl/N-ethyl adjacent to an activating group) is 1. The molecule has 7 heteroatoms. The minimum absolute atomic E-state index is 0.0143. The van der Waals surface area contributed by atoms with E-state index in [0.717, 1.165) is 16.7 Å². The van der Waals surface area contributed by atoms with E-state index in [0.29, 0.717) is 31.2 Å². The van der Waals surface area contributed by atoms with Gasteiger partial charge in [0, 0.05) is 24.9 Å². The number of rotatable bonds is 5. The molecule has 1 heterocycles. The van der Waals surface area contributed by atoms with Crippen LogP contribution in [0.1, 0.15) is 17.0 Å². The van der Waals surface area contributed by atoms with Crippen molar-refractivity contribution in [3.8, 4) is 29.7 Å². The zero-order valence-corrected chi connectivity index (χ0v) is 19.2. The van der Waals surface area contributed by atoms with E-state index in [1.54, 1.807) is 13.2 Å². The molecule has 2 aromatic carbocycles. The van der Waals surface area contributed by atoms with E-state index < -0.39 is 11.3 Å². The number of benzene rings is 2. The highest BCUT2D eigenvalue weighted by molar-refractivity contribution is 5.60. The number of fused-ring (bicyclic) bond motifs is 1. The molecule has 2 atom stereocenters. The van der Waals surface area contributed by atoms with E-state index in [-0.39, 0.29) is 17.2 Å². The van der Waals surface area contributed by atoms with Gasteiger partial charge in [0.05, 0.1) is 30.5 Å². The molecule has 0 spiro atoms. The van der Waals surface area contributed by atoms with Crippen molar-refractivity contribution in [2.75, 3.05) is 27.2 Å². The maximum absolute atomic E-state index is 10.2. The molecule has 170 valence electrons. The number of methoxy groups -OCH3 is 1. The molecule has 34 heavy (non-hydrogen) atoms. The standard InChI is InChI=1S/C27H25N5O2/c1-32-11-10-20-21(13-28)26(31)27(16-29,17-30)25(22(20)14-32)19-8-9-23(24(12-19)33-2)34-15-18-6-4-3-5-7-18/h3-10,12,22,25H,11,14-15,31H2,1-2H3/t22-,25-/m0/s1. The summed E-state index contributed by atoms with van der Waals surface area (Å²) in [6.45, 7) is 1.63. The zero-order valence-electron chi connectivity index (χ0n) is 19.2. The molecule has 0 bridgehead atoms. The Bertz CT molecular complexity index is 1260. The fourth-order valence-electron chi connectivity index (χ4n) is 4.93. The number of allylic oxidation sites excluding steroid dienone is 2. The molecule has 2 N–H and O–H groups in total. The van der Waals surface area contributed by atoms with Crippen molar-refractivity contribution in [2.45, 2.75) is 12.5 Å². The molecule has 7 nitrogen and oxygen atoms in total. The van der Waals surface area contributed by atoms with Gasteiger partial charge in [-0.25, -0.2) is 0 Å². The van der Waals surface area contributed by atoms with Gasteiger partial charge in [-0.1, -0.05) is 42.5 Å². The van der Waals surface area contributed by atoms with Crippen molar-refractivity contribution in [3.05, 3.63) is 82.6 Å². The van der Waals surface area contributed by atoms with Gasteiger partial charge >= 0.3 is 0 Å². The van der Waals surface area contributed by atoms with Gasteiger partial charge in [0.1, 0.15) is 12.7 Å². The second-order valence-corrected chi connectivity index (χ2v) is 8.58. The summed E-state index contributed by atoms with van der Waals surface area (Å²) < 4.78 is 11.6. The highest BCUT2D eigenvalue weighted by Crippen LogP contribution is 2.54. The van der Waals surface area contributed by atoms with Gasteiger partial charge in [-0.2, -0.15) is 15.8 Å². The monoisotopic (exact) mass is 451 g/mol. The van der Waals surface area contributed by atoms with Crippen LogP contribution in [0.2, 0.25) is 0 Å². The molecule has 0 amide bonds. The van der Waals surface area contributed by atoms with E-state index in [9.17, 15) is 15.8 Å². The molecule has 4 rings (SSSR count). The van der Waals surface area contributed by atoms with Gasteiger partial charge in [0.25, 0.3) is 0 Å². The summed E-state index contributed by atoms with van der Waals surface area (Å²) >= 11 is 0. The first-order valence-electron chi connectivity index (χ1n) is 11.0. The van der Waals surface area contributed by atoms with Gasteiger partial charge in [0.2, 0.25) is 0 Å². The predicted molar refractivity (Wildman–Crippen MR) is 126 cm³/mol. The number of ether oxygens (including phenoxy) is 2. The number of hydrogen-bond acceptors (Lipinski definition) is 7. The van der Waals surface area contributed by atoms with Crippen LogP contribution in [-0.2, 0) is 6.61 Å². The van der Waals surface area contributed by atoms with Crippen LogP contribution in [0.25, 0.3) is 0 Å². The molecule has 1 aliphatic heterocycles. The third-order valence-electron chi connectivity index (χ3n) is 6.63. The fraction of sp³-hybridized carbons (Fsp3) is 0.296. The predicted octanol–water partition coefficient (Wildman–Crippen LogP) is 3.63. The first-order valence-corrected chi connectivity index (χ1v) is 11.0. The van der Waals surface area contributed by atoms with Crippen LogP contribution >= 0.6 is 0 Å². The van der Waals surface area contributed by atoms with Crippen molar-refractivity contribution >= 4 is 0 Å². The topological polar surface area (TPSA) is 119 Å². The summed E-state index contributed by atoms with van der Waals surface area (Å²) in [5, 5.41) is 30.3. The Hall–Kier alpha value is -4.25. The van der Waals surface area contributed by atoms with E-state index in [1.165, 1.54) is 0 Å². The van der Waals surface area contributed by atoms with Gasteiger partial charge in [-0.05, 0) is 35.9 Å². The van der Waals surface area contributed by atoms with E-state index in [1.807, 2.05) is 55.6 Å². The summed E-state index contributed by atoms with van der Waals surface area (Å²) in [6, 6.07) is 21.7. The smallest absolute Gasteiger partial charge is 0.191 e. The van der Waals surface area contributed by atoms with Gasteiger partial charge in [-0.15, -0.1) is 0 Å². The molecule has 0 aromatic heterocycles. The second-order valence-electron chi connectivity index (χ2n) is 8.58.